The quantitative estimate of drug-likeness (QED) is 0.661. The van der Waals surface area contributed by atoms with Crippen molar-refractivity contribution < 1.29 is 13.9 Å². The van der Waals surface area contributed by atoms with Crippen LogP contribution in [-0.2, 0) is 22.6 Å². The molecule has 1 amide bonds. The number of nitrogens with one attached hydrogen (secondary N) is 1. The maximum atomic E-state index is 13.0. The lowest BCUT2D eigenvalue weighted by atomic mass is 10.2. The van der Waals surface area contributed by atoms with Crippen LogP contribution in [0.1, 0.15) is 18.4 Å². The highest BCUT2D eigenvalue weighted by Gasteiger charge is 2.17. The summed E-state index contributed by atoms with van der Waals surface area (Å²) >= 11 is 0. The molecule has 1 aromatic carbocycles. The number of fused-ring (bicyclic) bond motifs is 1. The van der Waals surface area contributed by atoms with Crippen LogP contribution in [0.2, 0.25) is 0 Å². The zero-order chi connectivity index (χ0) is 19.5. The number of amides is 1. The van der Waals surface area contributed by atoms with E-state index in [0.29, 0.717) is 25.3 Å². The molecular formula is C18H19FN6O3. The second-order valence-electron chi connectivity index (χ2n) is 6.66. The Kier molecular flexibility index (Phi) is 5.11. The summed E-state index contributed by atoms with van der Waals surface area (Å²) in [5, 5.41) is 10.6. The molecule has 2 aromatic heterocycles. The number of hydrogen-bond donors (Lipinski definition) is 1. The van der Waals surface area contributed by atoms with Crippen LogP contribution in [0.3, 0.4) is 0 Å². The highest BCUT2D eigenvalue weighted by Crippen LogP contribution is 2.11. The van der Waals surface area contributed by atoms with Crippen molar-refractivity contribution in [2.24, 2.45) is 0 Å². The van der Waals surface area contributed by atoms with Gasteiger partial charge in [-0.3, -0.25) is 14.2 Å². The summed E-state index contributed by atoms with van der Waals surface area (Å²) in [5.74, 6) is -0.622. The van der Waals surface area contributed by atoms with E-state index < -0.39 is 5.56 Å². The molecule has 4 rings (SSSR count). The van der Waals surface area contributed by atoms with Crippen molar-refractivity contribution in [2.75, 3.05) is 13.2 Å². The predicted molar refractivity (Wildman–Crippen MR) is 97.1 cm³/mol. The molecular weight excluding hydrogens is 367 g/mol. The molecule has 28 heavy (non-hydrogen) atoms. The van der Waals surface area contributed by atoms with E-state index in [9.17, 15) is 14.0 Å². The van der Waals surface area contributed by atoms with E-state index in [1.165, 1.54) is 27.7 Å². The summed E-state index contributed by atoms with van der Waals surface area (Å²) in [6.07, 6.45) is 3.26. The SMILES string of the molecule is O=C(Cn1cnc2c(nnn2Cc2ccc(F)cc2)c1=O)NC[C@@H]1CCCO1. The highest BCUT2D eigenvalue weighted by molar-refractivity contribution is 5.76. The van der Waals surface area contributed by atoms with E-state index in [1.807, 2.05) is 0 Å². The summed E-state index contributed by atoms with van der Waals surface area (Å²) in [7, 11) is 0. The van der Waals surface area contributed by atoms with Gasteiger partial charge in [0, 0.05) is 13.2 Å². The van der Waals surface area contributed by atoms with E-state index in [0.717, 1.165) is 18.4 Å². The number of ether oxygens (including phenoxy) is 1. The van der Waals surface area contributed by atoms with Crippen molar-refractivity contribution >= 4 is 17.1 Å². The molecule has 0 radical (unpaired) electrons. The predicted octanol–water partition coefficient (Wildman–Crippen LogP) is 0.471. The molecule has 3 heterocycles. The molecule has 10 heteroatoms. The average molecular weight is 386 g/mol. The van der Waals surface area contributed by atoms with Gasteiger partial charge in [0.25, 0.3) is 5.56 Å². The normalized spacial score (nSPS) is 16.5. The molecule has 0 aliphatic carbocycles. The molecule has 1 saturated heterocycles. The van der Waals surface area contributed by atoms with Gasteiger partial charge in [0.05, 0.1) is 12.6 Å². The molecule has 1 aliphatic heterocycles. The number of hydrogen-bond acceptors (Lipinski definition) is 6. The fourth-order valence-corrected chi connectivity index (χ4v) is 3.11. The minimum atomic E-state index is -0.442. The molecule has 0 unspecified atom stereocenters. The van der Waals surface area contributed by atoms with Gasteiger partial charge in [0.15, 0.2) is 11.2 Å². The third-order valence-electron chi connectivity index (χ3n) is 4.60. The van der Waals surface area contributed by atoms with Crippen molar-refractivity contribution in [3.05, 3.63) is 52.3 Å². The van der Waals surface area contributed by atoms with Crippen LogP contribution >= 0.6 is 0 Å². The third kappa shape index (κ3) is 3.91. The fourth-order valence-electron chi connectivity index (χ4n) is 3.11. The number of rotatable bonds is 6. The lowest BCUT2D eigenvalue weighted by molar-refractivity contribution is -0.122. The lowest BCUT2D eigenvalue weighted by Gasteiger charge is -2.11. The Labute approximate surface area is 159 Å². The zero-order valence-corrected chi connectivity index (χ0v) is 15.0. The highest BCUT2D eigenvalue weighted by atomic mass is 19.1. The molecule has 3 aromatic rings. The summed E-state index contributed by atoms with van der Waals surface area (Å²) in [5.41, 5.74) is 0.747. The van der Waals surface area contributed by atoms with Gasteiger partial charge in [-0.2, -0.15) is 0 Å². The Bertz CT molecular complexity index is 1040. The Hall–Kier alpha value is -3.14. The van der Waals surface area contributed by atoms with E-state index in [4.69, 9.17) is 4.74 Å². The largest absolute Gasteiger partial charge is 0.376 e. The van der Waals surface area contributed by atoms with Crippen LogP contribution in [0.15, 0.2) is 35.4 Å². The maximum absolute atomic E-state index is 13.0. The van der Waals surface area contributed by atoms with Gasteiger partial charge < -0.3 is 10.1 Å². The molecule has 9 nitrogen and oxygen atoms in total. The number of nitrogens with zero attached hydrogens (tertiary/aromatic N) is 5. The first-order chi connectivity index (χ1) is 13.6. The molecule has 1 fully saturated rings. The molecule has 0 bridgehead atoms. The van der Waals surface area contributed by atoms with Gasteiger partial charge in [0.2, 0.25) is 5.91 Å². The van der Waals surface area contributed by atoms with Crippen LogP contribution < -0.4 is 10.9 Å². The summed E-state index contributed by atoms with van der Waals surface area (Å²) in [6.45, 7) is 1.29. The summed E-state index contributed by atoms with van der Waals surface area (Å²) in [4.78, 5) is 28.9. The molecule has 1 atom stereocenters. The van der Waals surface area contributed by atoms with Crippen LogP contribution in [-0.4, -0.2) is 49.7 Å². The monoisotopic (exact) mass is 386 g/mol. The number of halogens is 1. The Morgan fingerprint density at radius 2 is 2.14 bits per heavy atom. The van der Waals surface area contributed by atoms with Crippen LogP contribution in [0, 0.1) is 5.82 Å². The number of carbonyl (C=O) groups is 1. The first kappa shape index (κ1) is 18.2. The average Bonchev–Trinajstić information content (AvgIpc) is 3.35. The topological polar surface area (TPSA) is 104 Å². The summed E-state index contributed by atoms with van der Waals surface area (Å²) < 4.78 is 21.2. The molecule has 146 valence electrons. The smallest absolute Gasteiger partial charge is 0.283 e. The minimum absolute atomic E-state index is 0.0348. The van der Waals surface area contributed by atoms with Crippen molar-refractivity contribution in [1.29, 1.82) is 0 Å². The first-order valence-electron chi connectivity index (χ1n) is 9.01. The lowest BCUT2D eigenvalue weighted by Crippen LogP contribution is -2.36. The molecule has 1 N–H and O–H groups in total. The van der Waals surface area contributed by atoms with E-state index in [-0.39, 0.29) is 29.9 Å². The molecule has 0 spiro atoms. The summed E-state index contributed by atoms with van der Waals surface area (Å²) in [6, 6.07) is 5.96. The number of carbonyl (C=O) groups excluding carboxylic acids is 1. The standard InChI is InChI=1S/C18H19FN6O3/c19-13-5-3-12(4-6-13)9-25-17-16(22-23-25)18(27)24(11-21-17)10-15(26)20-8-14-2-1-7-28-14/h3-6,11,14H,1-2,7-10H2,(H,20,26)/t14-/m0/s1. The van der Waals surface area contributed by atoms with Crippen molar-refractivity contribution in [2.45, 2.75) is 32.0 Å². The van der Waals surface area contributed by atoms with E-state index in [2.05, 4.69) is 20.6 Å². The van der Waals surface area contributed by atoms with Gasteiger partial charge in [-0.05, 0) is 30.5 Å². The Balaban J connectivity index is 1.47. The van der Waals surface area contributed by atoms with Crippen molar-refractivity contribution in [3.8, 4) is 0 Å². The third-order valence-corrected chi connectivity index (χ3v) is 4.60. The number of aromatic nitrogens is 5. The second-order valence-corrected chi connectivity index (χ2v) is 6.66. The van der Waals surface area contributed by atoms with Gasteiger partial charge in [-0.1, -0.05) is 17.3 Å². The Morgan fingerprint density at radius 1 is 1.32 bits per heavy atom. The second kappa shape index (κ2) is 7.85. The molecule has 0 saturated carbocycles. The van der Waals surface area contributed by atoms with Gasteiger partial charge >= 0.3 is 0 Å². The van der Waals surface area contributed by atoms with Crippen LogP contribution in [0.5, 0.6) is 0 Å². The van der Waals surface area contributed by atoms with Gasteiger partial charge in [-0.25, -0.2) is 14.1 Å². The zero-order valence-electron chi connectivity index (χ0n) is 15.0. The van der Waals surface area contributed by atoms with Gasteiger partial charge in [-0.15, -0.1) is 5.10 Å². The Morgan fingerprint density at radius 3 is 2.89 bits per heavy atom. The molecule has 1 aliphatic rings. The van der Waals surface area contributed by atoms with Crippen LogP contribution in [0.25, 0.3) is 11.2 Å². The maximum Gasteiger partial charge on any atom is 0.283 e. The van der Waals surface area contributed by atoms with Crippen LogP contribution in [0.4, 0.5) is 4.39 Å². The van der Waals surface area contributed by atoms with Crippen molar-refractivity contribution in [1.82, 2.24) is 29.9 Å². The first-order valence-corrected chi connectivity index (χ1v) is 9.01. The van der Waals surface area contributed by atoms with Gasteiger partial charge in [0.1, 0.15) is 18.7 Å². The van der Waals surface area contributed by atoms with E-state index in [1.54, 1.807) is 12.1 Å². The minimum Gasteiger partial charge on any atom is -0.376 e. The number of benzene rings is 1. The fraction of sp³-hybridized carbons (Fsp3) is 0.389. The van der Waals surface area contributed by atoms with E-state index >= 15 is 0 Å². The van der Waals surface area contributed by atoms with Crippen molar-refractivity contribution in [3.63, 3.8) is 0 Å².